The minimum Gasteiger partial charge on any atom is -0.344 e. The lowest BCUT2D eigenvalue weighted by Gasteiger charge is -2.15. The summed E-state index contributed by atoms with van der Waals surface area (Å²) in [5.41, 5.74) is -1.64. The number of hydrogen-bond donors (Lipinski definition) is 0. The number of aromatic nitrogens is 1. The third kappa shape index (κ3) is 4.44. The Bertz CT molecular complexity index is 1040. The van der Waals surface area contributed by atoms with Crippen molar-refractivity contribution in [3.8, 4) is 22.3 Å². The zero-order valence-corrected chi connectivity index (χ0v) is 14.2. The van der Waals surface area contributed by atoms with Crippen LogP contribution in [0.25, 0.3) is 22.3 Å². The molecule has 0 saturated heterocycles. The molecule has 0 amide bonds. The minimum atomic E-state index is -4.64. The smallest absolute Gasteiger partial charge is 0.344 e. The first kappa shape index (κ1) is 19.7. The lowest BCUT2D eigenvalue weighted by atomic mass is 9.99. The lowest BCUT2D eigenvalue weighted by Crippen LogP contribution is -2.21. The number of nitrogens with zero attached hydrogens (tertiary/aromatic N) is 1. The van der Waals surface area contributed by atoms with Crippen LogP contribution >= 0.6 is 0 Å². The average Bonchev–Trinajstić information content (AvgIpc) is 2.62. The molecule has 2 aromatic carbocycles. The number of alkyl halides is 6. The molecule has 0 aliphatic rings. The van der Waals surface area contributed by atoms with Crippen LogP contribution in [-0.4, -0.2) is 10.7 Å². The van der Waals surface area contributed by atoms with E-state index in [-0.39, 0.29) is 16.7 Å². The number of hydrogen-bond acceptors (Lipinski definition) is 1. The summed E-state index contributed by atoms with van der Waals surface area (Å²) in [6.45, 7) is -1.38. The summed E-state index contributed by atoms with van der Waals surface area (Å²) in [6.07, 6.45) is -7.22. The van der Waals surface area contributed by atoms with E-state index in [1.54, 1.807) is 30.3 Å². The summed E-state index contributed by atoms with van der Waals surface area (Å²) in [7, 11) is 0. The number of halogens is 6. The molecule has 0 bridgehead atoms. The van der Waals surface area contributed by atoms with Crippen LogP contribution in [0.2, 0.25) is 0 Å². The van der Waals surface area contributed by atoms with Gasteiger partial charge in [0.25, 0.3) is 0 Å². The SMILES string of the molecule is O=c1c(-c2ccccc2)cn(CC(F)(F)F)cc1-c1cccc(C(F)(F)F)c1. The Morgan fingerprint density at radius 3 is 1.89 bits per heavy atom. The maximum Gasteiger partial charge on any atom is 0.416 e. The van der Waals surface area contributed by atoms with Gasteiger partial charge >= 0.3 is 12.4 Å². The topological polar surface area (TPSA) is 22.0 Å². The molecule has 0 unspecified atom stereocenters. The average molecular weight is 397 g/mol. The molecule has 3 aromatic rings. The molecular weight excluding hydrogens is 384 g/mol. The summed E-state index contributed by atoms with van der Waals surface area (Å²) in [5.74, 6) is 0. The molecule has 0 radical (unpaired) electrons. The van der Waals surface area contributed by atoms with Crippen molar-refractivity contribution in [1.82, 2.24) is 4.57 Å². The van der Waals surface area contributed by atoms with E-state index in [0.29, 0.717) is 5.56 Å². The van der Waals surface area contributed by atoms with Crippen LogP contribution in [0.4, 0.5) is 26.3 Å². The summed E-state index contributed by atoms with van der Waals surface area (Å²) >= 11 is 0. The van der Waals surface area contributed by atoms with Gasteiger partial charge in [-0.2, -0.15) is 26.3 Å². The van der Waals surface area contributed by atoms with E-state index in [1.165, 1.54) is 6.07 Å². The summed E-state index contributed by atoms with van der Waals surface area (Å²) in [4.78, 5) is 12.9. The third-order valence-electron chi connectivity index (χ3n) is 4.03. The third-order valence-corrected chi connectivity index (χ3v) is 4.03. The predicted molar refractivity (Wildman–Crippen MR) is 92.6 cm³/mol. The highest BCUT2D eigenvalue weighted by Gasteiger charge is 2.31. The van der Waals surface area contributed by atoms with E-state index in [9.17, 15) is 31.1 Å². The number of rotatable bonds is 3. The highest BCUT2D eigenvalue weighted by Crippen LogP contribution is 2.32. The van der Waals surface area contributed by atoms with Gasteiger partial charge in [0.05, 0.1) is 5.56 Å². The van der Waals surface area contributed by atoms with Crippen molar-refractivity contribution in [2.75, 3.05) is 0 Å². The van der Waals surface area contributed by atoms with Crippen molar-refractivity contribution in [2.24, 2.45) is 0 Å². The van der Waals surface area contributed by atoms with E-state index >= 15 is 0 Å². The van der Waals surface area contributed by atoms with Crippen molar-refractivity contribution < 1.29 is 26.3 Å². The predicted octanol–water partition coefficient (Wildman–Crippen LogP) is 5.76. The van der Waals surface area contributed by atoms with Crippen LogP contribution in [0.15, 0.2) is 71.8 Å². The summed E-state index contributed by atoms with van der Waals surface area (Å²) in [5, 5.41) is 0. The molecule has 0 atom stereocenters. The zero-order valence-electron chi connectivity index (χ0n) is 14.2. The molecule has 2 nitrogen and oxygen atoms in total. The second-order valence-corrected chi connectivity index (χ2v) is 6.15. The molecule has 0 spiro atoms. The van der Waals surface area contributed by atoms with Crippen LogP contribution in [0.1, 0.15) is 5.56 Å². The van der Waals surface area contributed by atoms with Crippen molar-refractivity contribution in [1.29, 1.82) is 0 Å². The fourth-order valence-corrected chi connectivity index (χ4v) is 2.82. The first-order chi connectivity index (χ1) is 13.0. The number of benzene rings is 2. The normalized spacial score (nSPS) is 12.2. The first-order valence-electron chi connectivity index (χ1n) is 8.08. The Hall–Kier alpha value is -3.03. The molecule has 0 aliphatic carbocycles. The molecule has 146 valence electrons. The Kier molecular flexibility index (Phi) is 5.06. The van der Waals surface area contributed by atoms with Crippen LogP contribution < -0.4 is 5.43 Å². The second-order valence-electron chi connectivity index (χ2n) is 6.15. The molecular formula is C20H13F6NO. The van der Waals surface area contributed by atoms with E-state index in [1.807, 2.05) is 0 Å². The van der Waals surface area contributed by atoms with Gasteiger partial charge in [0.15, 0.2) is 5.43 Å². The van der Waals surface area contributed by atoms with Crippen molar-refractivity contribution in [2.45, 2.75) is 18.9 Å². The van der Waals surface area contributed by atoms with Gasteiger partial charge in [-0.05, 0) is 23.3 Å². The van der Waals surface area contributed by atoms with Gasteiger partial charge in [-0.15, -0.1) is 0 Å². The largest absolute Gasteiger partial charge is 0.416 e. The zero-order chi connectivity index (χ0) is 20.5. The minimum absolute atomic E-state index is 0.0280. The molecule has 0 N–H and O–H groups in total. The van der Waals surface area contributed by atoms with E-state index in [2.05, 4.69) is 0 Å². The maximum atomic E-state index is 13.0. The fraction of sp³-hybridized carbons (Fsp3) is 0.150. The van der Waals surface area contributed by atoms with Crippen LogP contribution in [-0.2, 0) is 12.7 Å². The molecule has 0 saturated carbocycles. The standard InChI is InChI=1S/C20H13F6NO/c21-19(22,23)12-27-10-16(13-5-2-1-3-6-13)18(28)17(11-27)14-7-4-8-15(9-14)20(24,25)26/h1-11H,12H2. The van der Waals surface area contributed by atoms with Gasteiger partial charge in [-0.1, -0.05) is 42.5 Å². The van der Waals surface area contributed by atoms with Gasteiger partial charge in [0.2, 0.25) is 0 Å². The highest BCUT2D eigenvalue weighted by molar-refractivity contribution is 5.72. The van der Waals surface area contributed by atoms with Gasteiger partial charge in [-0.25, -0.2) is 0 Å². The van der Waals surface area contributed by atoms with E-state index in [4.69, 9.17) is 0 Å². The first-order valence-corrected chi connectivity index (χ1v) is 8.08. The molecule has 8 heteroatoms. The maximum absolute atomic E-state index is 13.0. The molecule has 1 aromatic heterocycles. The molecule has 0 fully saturated rings. The van der Waals surface area contributed by atoms with Crippen molar-refractivity contribution >= 4 is 0 Å². The Morgan fingerprint density at radius 1 is 0.750 bits per heavy atom. The van der Waals surface area contributed by atoms with E-state index < -0.39 is 29.9 Å². The lowest BCUT2D eigenvalue weighted by molar-refractivity contribution is -0.140. The van der Waals surface area contributed by atoms with Crippen LogP contribution in [0, 0.1) is 0 Å². The Morgan fingerprint density at radius 2 is 1.32 bits per heavy atom. The molecule has 1 heterocycles. The molecule has 28 heavy (non-hydrogen) atoms. The van der Waals surface area contributed by atoms with Gasteiger partial charge in [0.1, 0.15) is 6.54 Å². The van der Waals surface area contributed by atoms with Gasteiger partial charge in [-0.3, -0.25) is 4.79 Å². The molecule has 0 aliphatic heterocycles. The Balaban J connectivity index is 2.23. The van der Waals surface area contributed by atoms with Gasteiger partial charge < -0.3 is 4.57 Å². The summed E-state index contributed by atoms with van der Waals surface area (Å²) < 4.78 is 78.4. The fourth-order valence-electron chi connectivity index (χ4n) is 2.82. The monoisotopic (exact) mass is 397 g/mol. The quantitative estimate of drug-likeness (QED) is 0.515. The molecule has 3 rings (SSSR count). The highest BCUT2D eigenvalue weighted by atomic mass is 19.4. The van der Waals surface area contributed by atoms with E-state index in [0.717, 1.165) is 35.2 Å². The van der Waals surface area contributed by atoms with Crippen LogP contribution in [0.3, 0.4) is 0 Å². The van der Waals surface area contributed by atoms with Gasteiger partial charge in [0, 0.05) is 23.5 Å². The van der Waals surface area contributed by atoms with Crippen LogP contribution in [0.5, 0.6) is 0 Å². The summed E-state index contributed by atoms with van der Waals surface area (Å²) in [6, 6.07) is 11.9. The Labute approximate surface area is 155 Å². The van der Waals surface area contributed by atoms with Crippen molar-refractivity contribution in [3.63, 3.8) is 0 Å². The second kappa shape index (κ2) is 7.18. The number of pyridine rings is 1. The van der Waals surface area contributed by atoms with Crippen molar-refractivity contribution in [3.05, 3.63) is 82.8 Å².